The van der Waals surface area contributed by atoms with Gasteiger partial charge in [-0.3, -0.25) is 4.79 Å². The van der Waals surface area contributed by atoms with Crippen LogP contribution in [0.4, 0.5) is 0 Å². The number of aliphatic hydroxyl groups excluding tert-OH is 1. The number of ether oxygens (including phenoxy) is 3. The highest BCUT2D eigenvalue weighted by atomic mass is 35.5. The molecule has 110 valence electrons. The molecule has 0 aliphatic heterocycles. The Bertz CT molecular complexity index is 514. The molecule has 1 aromatic rings. The molecule has 0 amide bonds. The van der Waals surface area contributed by atoms with Crippen LogP contribution in [-0.4, -0.2) is 38.2 Å². The largest absolute Gasteiger partial charge is 0.492 e. The standard InChI is InChI=1S/C13H15ClO6/c1-4-20-13(17)10(16)7-5-9(14)8(6-15)12(19-3)11(7)18-2/h5-6,10,16H,4H2,1-3H3. The van der Waals surface area contributed by atoms with Crippen molar-refractivity contribution >= 4 is 23.9 Å². The molecule has 0 saturated heterocycles. The van der Waals surface area contributed by atoms with E-state index in [-0.39, 0.29) is 34.3 Å². The molecular weight excluding hydrogens is 288 g/mol. The summed E-state index contributed by atoms with van der Waals surface area (Å²) in [6.07, 6.45) is -1.08. The maximum Gasteiger partial charge on any atom is 0.339 e. The van der Waals surface area contributed by atoms with Crippen LogP contribution in [-0.2, 0) is 9.53 Å². The SMILES string of the molecule is CCOC(=O)C(O)c1cc(Cl)c(C=O)c(OC)c1OC. The average Bonchev–Trinajstić information content (AvgIpc) is 2.45. The van der Waals surface area contributed by atoms with Gasteiger partial charge in [0.25, 0.3) is 0 Å². The van der Waals surface area contributed by atoms with Gasteiger partial charge >= 0.3 is 5.97 Å². The van der Waals surface area contributed by atoms with Gasteiger partial charge in [-0.15, -0.1) is 0 Å². The minimum Gasteiger partial charge on any atom is -0.492 e. The lowest BCUT2D eigenvalue weighted by atomic mass is 10.0. The molecule has 1 rings (SSSR count). The molecule has 1 unspecified atom stereocenters. The van der Waals surface area contributed by atoms with E-state index in [0.29, 0.717) is 6.29 Å². The van der Waals surface area contributed by atoms with Crippen LogP contribution in [0.3, 0.4) is 0 Å². The molecule has 0 aliphatic carbocycles. The van der Waals surface area contributed by atoms with Gasteiger partial charge in [0.1, 0.15) is 0 Å². The highest BCUT2D eigenvalue weighted by Crippen LogP contribution is 2.41. The van der Waals surface area contributed by atoms with Crippen LogP contribution in [0.15, 0.2) is 6.07 Å². The minimum atomic E-state index is -1.59. The Hall–Kier alpha value is -1.79. The molecule has 0 aliphatic rings. The summed E-state index contributed by atoms with van der Waals surface area (Å²) in [5, 5.41) is 10.0. The number of aliphatic hydroxyl groups is 1. The summed E-state index contributed by atoms with van der Waals surface area (Å²) in [6.45, 7) is 1.74. The second-order valence-electron chi connectivity index (χ2n) is 3.70. The van der Waals surface area contributed by atoms with Gasteiger partial charge < -0.3 is 19.3 Å². The van der Waals surface area contributed by atoms with Crippen LogP contribution in [0.5, 0.6) is 11.5 Å². The molecular formula is C13H15ClO6. The van der Waals surface area contributed by atoms with Gasteiger partial charge in [-0.1, -0.05) is 11.6 Å². The summed E-state index contributed by atoms with van der Waals surface area (Å²) in [5.41, 5.74) is 0.143. The number of rotatable bonds is 6. The first kappa shape index (κ1) is 16.3. The fourth-order valence-electron chi connectivity index (χ4n) is 1.72. The average molecular weight is 303 g/mol. The van der Waals surface area contributed by atoms with E-state index < -0.39 is 12.1 Å². The van der Waals surface area contributed by atoms with Crippen molar-refractivity contribution in [3.05, 3.63) is 22.2 Å². The molecule has 20 heavy (non-hydrogen) atoms. The van der Waals surface area contributed by atoms with Crippen LogP contribution in [0.1, 0.15) is 28.9 Å². The lowest BCUT2D eigenvalue weighted by molar-refractivity contribution is -0.153. The molecule has 0 radical (unpaired) electrons. The third-order valence-corrected chi connectivity index (χ3v) is 2.90. The summed E-state index contributed by atoms with van der Waals surface area (Å²) in [6, 6.07) is 1.27. The van der Waals surface area contributed by atoms with E-state index in [4.69, 9.17) is 25.8 Å². The number of hydrogen-bond donors (Lipinski definition) is 1. The summed E-state index contributed by atoms with van der Waals surface area (Å²) >= 11 is 5.94. The zero-order chi connectivity index (χ0) is 15.3. The molecule has 0 aromatic heterocycles. The first-order valence-corrected chi connectivity index (χ1v) is 6.13. The third kappa shape index (κ3) is 3.02. The predicted molar refractivity (Wildman–Crippen MR) is 71.5 cm³/mol. The highest BCUT2D eigenvalue weighted by molar-refractivity contribution is 6.33. The van der Waals surface area contributed by atoms with Crippen molar-refractivity contribution in [2.45, 2.75) is 13.0 Å². The summed E-state index contributed by atoms with van der Waals surface area (Å²) < 4.78 is 14.9. The van der Waals surface area contributed by atoms with Crippen molar-refractivity contribution in [3.63, 3.8) is 0 Å². The van der Waals surface area contributed by atoms with Crippen LogP contribution in [0, 0.1) is 0 Å². The van der Waals surface area contributed by atoms with Crippen molar-refractivity contribution in [1.29, 1.82) is 0 Å². The monoisotopic (exact) mass is 302 g/mol. The van der Waals surface area contributed by atoms with Crippen molar-refractivity contribution < 1.29 is 28.9 Å². The van der Waals surface area contributed by atoms with Gasteiger partial charge in [0.05, 0.1) is 31.4 Å². The molecule has 1 atom stereocenters. The molecule has 0 saturated carbocycles. The molecule has 6 nitrogen and oxygen atoms in total. The van der Waals surface area contributed by atoms with Crippen molar-refractivity contribution in [2.75, 3.05) is 20.8 Å². The Kier molecular flexibility index (Phi) is 5.79. The number of esters is 1. The fourth-order valence-corrected chi connectivity index (χ4v) is 1.96. The van der Waals surface area contributed by atoms with Gasteiger partial charge in [-0.05, 0) is 13.0 Å². The molecule has 1 N–H and O–H groups in total. The van der Waals surface area contributed by atoms with Crippen LogP contribution >= 0.6 is 11.6 Å². The zero-order valence-electron chi connectivity index (χ0n) is 11.3. The number of aldehydes is 1. The van der Waals surface area contributed by atoms with Gasteiger partial charge in [-0.25, -0.2) is 4.79 Å². The molecule has 0 spiro atoms. The van der Waals surface area contributed by atoms with E-state index >= 15 is 0 Å². The van der Waals surface area contributed by atoms with Gasteiger partial charge in [-0.2, -0.15) is 0 Å². The van der Waals surface area contributed by atoms with Gasteiger partial charge in [0.2, 0.25) is 0 Å². The van der Waals surface area contributed by atoms with Gasteiger partial charge in [0.15, 0.2) is 23.9 Å². The smallest absolute Gasteiger partial charge is 0.339 e. The Labute approximate surface area is 121 Å². The number of methoxy groups -OCH3 is 2. The van der Waals surface area contributed by atoms with Crippen molar-refractivity contribution in [3.8, 4) is 11.5 Å². The number of hydrogen-bond acceptors (Lipinski definition) is 6. The Morgan fingerprint density at radius 2 is 2.00 bits per heavy atom. The maximum absolute atomic E-state index is 11.6. The van der Waals surface area contributed by atoms with E-state index in [9.17, 15) is 14.7 Å². The number of halogens is 1. The van der Waals surface area contributed by atoms with E-state index in [1.807, 2.05) is 0 Å². The summed E-state index contributed by atoms with van der Waals surface area (Å²) in [4.78, 5) is 22.6. The van der Waals surface area contributed by atoms with E-state index in [2.05, 4.69) is 0 Å². The predicted octanol–water partition coefficient (Wildman–Crippen LogP) is 1.77. The summed E-state index contributed by atoms with van der Waals surface area (Å²) in [5.74, 6) is -0.740. The minimum absolute atomic E-state index is 0.0380. The molecule has 0 bridgehead atoms. The van der Waals surface area contributed by atoms with E-state index in [1.54, 1.807) is 6.92 Å². The number of carbonyl (C=O) groups excluding carboxylic acids is 2. The molecule has 1 aromatic carbocycles. The third-order valence-electron chi connectivity index (χ3n) is 2.58. The van der Waals surface area contributed by atoms with Crippen LogP contribution in [0.25, 0.3) is 0 Å². The summed E-state index contributed by atoms with van der Waals surface area (Å²) in [7, 11) is 2.64. The first-order valence-electron chi connectivity index (χ1n) is 5.76. The zero-order valence-corrected chi connectivity index (χ0v) is 12.1. The topological polar surface area (TPSA) is 82.1 Å². The molecule has 0 fully saturated rings. The molecule has 7 heteroatoms. The van der Waals surface area contributed by atoms with E-state index in [1.165, 1.54) is 20.3 Å². The number of benzene rings is 1. The van der Waals surface area contributed by atoms with Crippen LogP contribution < -0.4 is 9.47 Å². The Morgan fingerprint density at radius 1 is 1.40 bits per heavy atom. The van der Waals surface area contributed by atoms with Crippen LogP contribution in [0.2, 0.25) is 5.02 Å². The number of carbonyl (C=O) groups is 2. The lowest BCUT2D eigenvalue weighted by Gasteiger charge is -2.18. The normalized spacial score (nSPS) is 11.7. The van der Waals surface area contributed by atoms with Crippen molar-refractivity contribution in [2.24, 2.45) is 0 Å². The fraction of sp³-hybridized carbons (Fsp3) is 0.385. The Morgan fingerprint density at radius 3 is 2.45 bits per heavy atom. The first-order chi connectivity index (χ1) is 9.51. The quantitative estimate of drug-likeness (QED) is 0.637. The lowest BCUT2D eigenvalue weighted by Crippen LogP contribution is -2.17. The highest BCUT2D eigenvalue weighted by Gasteiger charge is 2.28. The Balaban J connectivity index is 3.43. The second-order valence-corrected chi connectivity index (χ2v) is 4.11. The van der Waals surface area contributed by atoms with E-state index in [0.717, 1.165) is 0 Å². The molecule has 0 heterocycles. The maximum atomic E-state index is 11.6. The second kappa shape index (κ2) is 7.12. The van der Waals surface area contributed by atoms with Crippen molar-refractivity contribution in [1.82, 2.24) is 0 Å². The van der Waals surface area contributed by atoms with Gasteiger partial charge in [0, 0.05) is 5.56 Å².